The van der Waals surface area contributed by atoms with Crippen LogP contribution in [0, 0.1) is 0 Å². The third kappa shape index (κ3) is 6.60. The zero-order valence-corrected chi connectivity index (χ0v) is 21.7. The van der Waals surface area contributed by atoms with Gasteiger partial charge in [-0.05, 0) is 0 Å². The van der Waals surface area contributed by atoms with Crippen molar-refractivity contribution >= 4 is 32.6 Å². The third-order valence-electron chi connectivity index (χ3n) is 5.68. The molecule has 0 saturated carbocycles. The number of nitrogens with two attached hydrogens (primary N) is 1. The third-order valence-corrected chi connectivity index (χ3v) is 8.24. The number of anilines is 1. The number of hydrogen-bond acceptors (Lipinski definition) is 18. The van der Waals surface area contributed by atoms with Gasteiger partial charge in [0, 0.05) is 0 Å². The van der Waals surface area contributed by atoms with Gasteiger partial charge in [0.05, 0.1) is 19.5 Å². The van der Waals surface area contributed by atoms with Gasteiger partial charge in [-0.2, -0.15) is 0 Å². The van der Waals surface area contributed by atoms with Crippen LogP contribution in [0.15, 0.2) is 12.7 Å². The molecule has 0 aromatic carbocycles. The van der Waals surface area contributed by atoms with Gasteiger partial charge in [-0.15, -0.1) is 0 Å². The van der Waals surface area contributed by atoms with Gasteiger partial charge in [-0.1, -0.05) is 0 Å². The van der Waals surface area contributed by atoms with Crippen molar-refractivity contribution in [2.24, 2.45) is 0 Å². The minimum absolute atomic E-state index is 0. The van der Waals surface area contributed by atoms with E-state index in [2.05, 4.69) is 19.3 Å². The van der Waals surface area contributed by atoms with Gasteiger partial charge in [-0.3, -0.25) is 18.2 Å². The second kappa shape index (κ2) is 12.0. The summed E-state index contributed by atoms with van der Waals surface area (Å²) in [5, 5.41) is 60.0. The van der Waals surface area contributed by atoms with Crippen molar-refractivity contribution in [3.63, 3.8) is 0 Å². The predicted molar refractivity (Wildman–Crippen MR) is 121 cm³/mol. The molecule has 222 valence electrons. The molecule has 2 unspecified atom stereocenters. The summed E-state index contributed by atoms with van der Waals surface area (Å²) in [4.78, 5) is 32.2. The summed E-state index contributed by atoms with van der Waals surface area (Å²) < 4.78 is 49.8. The number of aromatic nitrogens is 4. The van der Waals surface area contributed by atoms with Crippen LogP contribution in [0.2, 0.25) is 0 Å². The number of nitrogens with zero attached hydrogens (tertiary/aromatic N) is 4. The summed E-state index contributed by atoms with van der Waals surface area (Å²) in [5.74, 6) is 0.0242. The second-order valence-electron chi connectivity index (χ2n) is 8.23. The molecule has 39 heavy (non-hydrogen) atoms. The Balaban J connectivity index is 0.00000420. The van der Waals surface area contributed by atoms with Crippen molar-refractivity contribution in [3.05, 3.63) is 12.7 Å². The lowest BCUT2D eigenvalue weighted by Crippen LogP contribution is -2.59. The van der Waals surface area contributed by atoms with Crippen LogP contribution in [-0.4, -0.2) is 117 Å². The van der Waals surface area contributed by atoms with Crippen molar-refractivity contribution in [1.29, 1.82) is 0 Å². The first kappa shape index (κ1) is 31.8. The summed E-state index contributed by atoms with van der Waals surface area (Å²) in [5.41, 5.74) is 6.02. The Bertz CT molecular complexity index is 1230. The van der Waals surface area contributed by atoms with Gasteiger partial charge in [0.25, 0.3) is 7.82 Å². The number of phosphoric ester groups is 1. The number of fused-ring (bicyclic) bond motifs is 1. The molecule has 23 heteroatoms. The van der Waals surface area contributed by atoms with Crippen LogP contribution in [0.1, 0.15) is 6.23 Å². The molecule has 4 heterocycles. The topological polar surface area (TPSA) is 351 Å². The Kier molecular flexibility index (Phi) is 9.78. The monoisotopic (exact) mass is 618 g/mol. The van der Waals surface area contributed by atoms with E-state index >= 15 is 0 Å². The van der Waals surface area contributed by atoms with E-state index in [0.717, 1.165) is 6.33 Å². The normalized spacial score (nSPS) is 36.3. The Labute approximate surface area is 218 Å². The van der Waals surface area contributed by atoms with E-state index in [1.165, 1.54) is 10.9 Å². The van der Waals surface area contributed by atoms with Crippen molar-refractivity contribution in [3.8, 4) is 0 Å². The Morgan fingerprint density at radius 1 is 1.15 bits per heavy atom. The molecule has 2 aromatic heterocycles. The van der Waals surface area contributed by atoms with Gasteiger partial charge in [-0.25, -0.2) is 23.8 Å². The van der Waals surface area contributed by atoms with Gasteiger partial charge in [0.15, 0.2) is 24.0 Å². The van der Waals surface area contributed by atoms with Crippen molar-refractivity contribution in [1.82, 2.24) is 25.7 Å². The molecule has 2 saturated heterocycles. The molecule has 2 aromatic rings. The molecule has 4 rings (SSSR count). The number of nitrogen functional groups attached to an aromatic ring is 1. The van der Waals surface area contributed by atoms with Gasteiger partial charge in [0.1, 0.15) is 54.6 Å². The van der Waals surface area contributed by atoms with Crippen LogP contribution in [0.25, 0.3) is 11.2 Å². The number of phosphoric acid groups is 2. The van der Waals surface area contributed by atoms with E-state index in [9.17, 15) is 44.7 Å². The highest BCUT2D eigenvalue weighted by Crippen LogP contribution is 2.61. The number of ether oxygens (including phenoxy) is 2. The smallest absolute Gasteiger partial charge is 0.483 e. The Hall–Kier alpha value is -1.75. The molecule has 0 aliphatic carbocycles. The molecule has 2 fully saturated rings. The average Bonchev–Trinajstić information content (AvgIpc) is 3.39. The van der Waals surface area contributed by atoms with E-state index in [1.807, 2.05) is 0 Å². The number of aliphatic hydroxyl groups is 6. The van der Waals surface area contributed by atoms with Crippen LogP contribution in [0.4, 0.5) is 5.82 Å². The fourth-order valence-corrected chi connectivity index (χ4v) is 5.97. The maximum Gasteiger partial charge on any atom is 0.483 e. The molecule has 0 radical (unpaired) electrons. The maximum absolute atomic E-state index is 13.1. The van der Waals surface area contributed by atoms with Crippen molar-refractivity contribution in [2.75, 3.05) is 18.9 Å². The summed E-state index contributed by atoms with van der Waals surface area (Å²) >= 11 is 0. The van der Waals surface area contributed by atoms with E-state index in [-0.39, 0.29) is 23.1 Å². The van der Waals surface area contributed by atoms with Crippen LogP contribution >= 0.6 is 15.6 Å². The molecule has 0 bridgehead atoms. The standard InChI is InChI=1S/C16H25N5O15P2.H3N/c17-13-7-14(19-3-18-13)21(4-20-7)15-11(26)9(24)6(33-15)2-32-38(31,36-37(28,29)30)35-16-12(27)10(25)8(23)5(1-22)34-16;/h3-6,8-12,15-16,22-27H,1-2H2,(H2,17,18,19)(H2,28,29,30);1H3/t5-,6-,8-,9-,10+,11-,12-,15-,16-,38?;/m1./s1/i1+2,5+2,8+2,10+2,12+2,16+2;. The van der Waals surface area contributed by atoms with Crippen LogP contribution in [0.5, 0.6) is 0 Å². The van der Waals surface area contributed by atoms with Crippen molar-refractivity contribution in [2.45, 2.75) is 55.2 Å². The van der Waals surface area contributed by atoms with E-state index < -0.39 is 84.1 Å². The molecule has 13 N–H and O–H groups in total. The average molecular weight is 618 g/mol. The fourth-order valence-electron chi connectivity index (χ4n) is 3.80. The highest BCUT2D eigenvalue weighted by molar-refractivity contribution is 7.60. The van der Waals surface area contributed by atoms with Crippen LogP contribution in [-0.2, 0) is 32.0 Å². The van der Waals surface area contributed by atoms with E-state index in [4.69, 9.17) is 29.1 Å². The maximum atomic E-state index is 13.1. The van der Waals surface area contributed by atoms with Crippen LogP contribution in [0.3, 0.4) is 0 Å². The summed E-state index contributed by atoms with van der Waals surface area (Å²) in [7, 11) is -11.3. The van der Waals surface area contributed by atoms with Crippen molar-refractivity contribution < 1.29 is 72.4 Å². The van der Waals surface area contributed by atoms with Gasteiger partial charge < -0.3 is 61.8 Å². The molecular formula is C16H28N6O15P2. The minimum atomic E-state index is -5.85. The molecule has 0 spiro atoms. The molecule has 2 aliphatic heterocycles. The lowest BCUT2D eigenvalue weighted by atomic mass is 10.1. The SMILES string of the molecule is Nc1ncnc2c1ncn2[C@@H]1O[C@H](COP(=O)(O[14C@H]2O[14C@H]([14CH2]O)[14C@@H](O)[14C@H](O)[14C@H]2O)OP(=O)([O-])O)[C@@H](O)[C@H]1O.[NH4+]. The first-order chi connectivity index (χ1) is 17.7. The number of hydrogen-bond donors (Lipinski definition) is 9. The van der Waals surface area contributed by atoms with E-state index in [0.29, 0.717) is 0 Å². The summed E-state index contributed by atoms with van der Waals surface area (Å²) in [6, 6.07) is 0. The zero-order valence-electron chi connectivity index (χ0n) is 19.9. The quantitative estimate of drug-likeness (QED) is 0.120. The highest BCUT2D eigenvalue weighted by atomic mass is 31.3. The minimum Gasteiger partial charge on any atom is -0.756 e. The number of quaternary nitrogens is 1. The lowest BCUT2D eigenvalue weighted by Gasteiger charge is -2.40. The fraction of sp³-hybridized carbons (Fsp3) is 0.688. The number of imidazole rings is 1. The molecule has 2 aliphatic rings. The lowest BCUT2D eigenvalue weighted by molar-refractivity contribution is -0.282. The summed E-state index contributed by atoms with van der Waals surface area (Å²) in [6.45, 7) is -1.90. The van der Waals surface area contributed by atoms with Crippen LogP contribution < -0.4 is 16.8 Å². The van der Waals surface area contributed by atoms with Gasteiger partial charge in [0.2, 0.25) is 0 Å². The summed E-state index contributed by atoms with van der Waals surface area (Å²) in [6.07, 6.45) is -13.7. The Morgan fingerprint density at radius 3 is 2.49 bits per heavy atom. The first-order valence-corrected chi connectivity index (χ1v) is 13.6. The molecule has 21 nitrogen and oxygen atoms in total. The second-order valence-corrected chi connectivity index (χ2v) is 11.2. The molecule has 0 amide bonds. The highest BCUT2D eigenvalue weighted by Gasteiger charge is 2.50. The number of rotatable bonds is 9. The zero-order chi connectivity index (χ0) is 28.0. The number of aliphatic hydroxyl groups excluding tert-OH is 6. The Morgan fingerprint density at radius 2 is 1.85 bits per heavy atom. The van der Waals surface area contributed by atoms with E-state index in [1.54, 1.807) is 0 Å². The van der Waals surface area contributed by atoms with Gasteiger partial charge >= 0.3 is 7.82 Å². The molecular weight excluding hydrogens is 590 g/mol. The predicted octanol–water partition coefficient (Wildman–Crippen LogP) is -4.18. The first-order valence-electron chi connectivity index (χ1n) is 10.7. The largest absolute Gasteiger partial charge is 0.756 e. The molecule has 11 atom stereocenters.